The van der Waals surface area contributed by atoms with Gasteiger partial charge in [-0.2, -0.15) is 13.5 Å². The predicted molar refractivity (Wildman–Crippen MR) is 87.3 cm³/mol. The second-order valence-corrected chi connectivity index (χ2v) is 7.57. The molecule has 0 fully saturated rings. The van der Waals surface area contributed by atoms with Crippen LogP contribution in [0.15, 0.2) is 58.8 Å². The molecule has 0 aliphatic carbocycles. The van der Waals surface area contributed by atoms with Gasteiger partial charge in [-0.25, -0.2) is 4.83 Å². The molecule has 0 radical (unpaired) electrons. The van der Waals surface area contributed by atoms with Crippen LogP contribution in [0, 0.1) is 0 Å². The van der Waals surface area contributed by atoms with E-state index in [0.717, 1.165) is 5.56 Å². The molecule has 5 nitrogen and oxygen atoms in total. The highest BCUT2D eigenvalue weighted by Crippen LogP contribution is 2.23. The lowest BCUT2D eigenvalue weighted by Crippen LogP contribution is -2.19. The summed E-state index contributed by atoms with van der Waals surface area (Å²) in [7, 11) is -3.66. The topological polar surface area (TPSA) is 71.4 Å². The van der Waals surface area contributed by atoms with Crippen LogP contribution in [0.3, 0.4) is 0 Å². The van der Waals surface area contributed by atoms with Crippen LogP contribution in [-0.4, -0.2) is 19.6 Å². The molecule has 116 valence electrons. The van der Waals surface area contributed by atoms with Gasteiger partial charge in [-0.05, 0) is 29.2 Å². The Morgan fingerprint density at radius 3 is 2.36 bits per heavy atom. The van der Waals surface area contributed by atoms with Crippen LogP contribution in [0.1, 0.15) is 31.9 Å². The lowest BCUT2D eigenvalue weighted by Gasteiger charge is -2.19. The molecule has 0 aliphatic rings. The Bertz CT molecular complexity index is 746. The fraction of sp³-hybridized carbons (Fsp3) is 0.250. The van der Waals surface area contributed by atoms with Crippen molar-refractivity contribution in [2.24, 2.45) is 5.10 Å². The molecule has 6 heteroatoms. The highest BCUT2D eigenvalue weighted by molar-refractivity contribution is 7.89. The first kappa shape index (κ1) is 16.2. The predicted octanol–water partition coefficient (Wildman–Crippen LogP) is 2.69. The normalized spacial score (nSPS) is 12.5. The molecule has 0 saturated heterocycles. The van der Waals surface area contributed by atoms with E-state index in [2.05, 4.69) is 35.7 Å². The van der Waals surface area contributed by atoms with Crippen LogP contribution in [0.25, 0.3) is 0 Å². The zero-order chi connectivity index (χ0) is 16.2. The summed E-state index contributed by atoms with van der Waals surface area (Å²) < 4.78 is 24.3. The number of sulfonamides is 1. The van der Waals surface area contributed by atoms with E-state index < -0.39 is 10.0 Å². The largest absolute Gasteiger partial charge is 0.276 e. The molecule has 2 rings (SSSR count). The molecule has 0 spiro atoms. The third-order valence-corrected chi connectivity index (χ3v) is 4.34. The average molecular weight is 317 g/mol. The smallest absolute Gasteiger partial charge is 0.264 e. The van der Waals surface area contributed by atoms with Gasteiger partial charge >= 0.3 is 0 Å². The SMILES string of the molecule is CC(C)(C)c1ccc(S(=O)(=O)NN=Cc2cccnc2)cc1. The summed E-state index contributed by atoms with van der Waals surface area (Å²) in [6, 6.07) is 10.3. The van der Waals surface area contributed by atoms with Gasteiger partial charge in [0.1, 0.15) is 0 Å². The third kappa shape index (κ3) is 4.14. The van der Waals surface area contributed by atoms with Gasteiger partial charge in [0.05, 0.1) is 11.1 Å². The molecule has 0 atom stereocenters. The Hall–Kier alpha value is -2.21. The summed E-state index contributed by atoms with van der Waals surface area (Å²) in [5, 5.41) is 3.76. The summed E-state index contributed by atoms with van der Waals surface area (Å²) in [6.07, 6.45) is 4.64. The van der Waals surface area contributed by atoms with E-state index in [1.54, 1.807) is 36.7 Å². The van der Waals surface area contributed by atoms with E-state index >= 15 is 0 Å². The first-order chi connectivity index (χ1) is 10.3. The van der Waals surface area contributed by atoms with Crippen molar-refractivity contribution in [1.29, 1.82) is 0 Å². The molecule has 1 aromatic carbocycles. The van der Waals surface area contributed by atoms with E-state index in [1.807, 2.05) is 12.1 Å². The average Bonchev–Trinajstić information content (AvgIpc) is 2.47. The zero-order valence-corrected chi connectivity index (χ0v) is 13.6. The van der Waals surface area contributed by atoms with Crippen molar-refractivity contribution < 1.29 is 8.42 Å². The first-order valence-electron chi connectivity index (χ1n) is 6.84. The number of hydrogen-bond donors (Lipinski definition) is 1. The molecule has 1 N–H and O–H groups in total. The van der Waals surface area contributed by atoms with E-state index in [-0.39, 0.29) is 10.3 Å². The number of nitrogens with one attached hydrogen (secondary N) is 1. The fourth-order valence-electron chi connectivity index (χ4n) is 1.81. The Labute approximate surface area is 131 Å². The zero-order valence-electron chi connectivity index (χ0n) is 12.8. The van der Waals surface area contributed by atoms with Crippen LogP contribution in [0.4, 0.5) is 0 Å². The Balaban J connectivity index is 2.12. The standard InChI is InChI=1S/C16H19N3O2S/c1-16(2,3)14-6-8-15(9-7-14)22(20,21)19-18-12-13-5-4-10-17-11-13/h4-12,19H,1-3H3. The van der Waals surface area contributed by atoms with Crippen LogP contribution in [-0.2, 0) is 15.4 Å². The van der Waals surface area contributed by atoms with Crippen molar-refractivity contribution in [3.8, 4) is 0 Å². The summed E-state index contributed by atoms with van der Waals surface area (Å²) >= 11 is 0. The van der Waals surface area contributed by atoms with Gasteiger partial charge in [0.25, 0.3) is 10.0 Å². The quantitative estimate of drug-likeness (QED) is 0.696. The maximum absolute atomic E-state index is 12.1. The first-order valence-corrected chi connectivity index (χ1v) is 8.33. The van der Waals surface area contributed by atoms with E-state index in [0.29, 0.717) is 5.56 Å². The van der Waals surface area contributed by atoms with Crippen LogP contribution < -0.4 is 4.83 Å². The van der Waals surface area contributed by atoms with Gasteiger partial charge in [0.15, 0.2) is 0 Å². The minimum absolute atomic E-state index is 0.0197. The number of nitrogens with zero attached hydrogens (tertiary/aromatic N) is 2. The van der Waals surface area contributed by atoms with Crippen LogP contribution in [0.2, 0.25) is 0 Å². The Morgan fingerprint density at radius 2 is 1.82 bits per heavy atom. The summed E-state index contributed by atoms with van der Waals surface area (Å²) in [5.41, 5.74) is 1.77. The van der Waals surface area contributed by atoms with Gasteiger partial charge in [-0.15, -0.1) is 0 Å². The highest BCUT2D eigenvalue weighted by atomic mass is 32.2. The molecule has 0 unspecified atom stereocenters. The van der Waals surface area contributed by atoms with E-state index in [1.165, 1.54) is 6.21 Å². The van der Waals surface area contributed by atoms with Crippen molar-refractivity contribution in [3.05, 3.63) is 59.9 Å². The number of hydrazone groups is 1. The molecule has 0 amide bonds. The van der Waals surface area contributed by atoms with Gasteiger partial charge in [-0.3, -0.25) is 4.98 Å². The molecule has 1 aromatic heterocycles. The van der Waals surface area contributed by atoms with Crippen LogP contribution in [0.5, 0.6) is 0 Å². The number of rotatable bonds is 4. The lowest BCUT2D eigenvalue weighted by atomic mass is 9.87. The van der Waals surface area contributed by atoms with Crippen molar-refractivity contribution in [3.63, 3.8) is 0 Å². The molecular weight excluding hydrogens is 298 g/mol. The van der Waals surface area contributed by atoms with E-state index in [9.17, 15) is 8.42 Å². The minimum Gasteiger partial charge on any atom is -0.264 e. The van der Waals surface area contributed by atoms with Gasteiger partial charge in [-0.1, -0.05) is 39.0 Å². The van der Waals surface area contributed by atoms with E-state index in [4.69, 9.17) is 0 Å². The van der Waals surface area contributed by atoms with Crippen molar-refractivity contribution in [2.45, 2.75) is 31.1 Å². The molecule has 0 saturated carbocycles. The van der Waals surface area contributed by atoms with Gasteiger partial charge in [0.2, 0.25) is 0 Å². The second-order valence-electron chi connectivity index (χ2n) is 5.91. The highest BCUT2D eigenvalue weighted by Gasteiger charge is 2.16. The number of benzene rings is 1. The monoisotopic (exact) mass is 317 g/mol. The molecular formula is C16H19N3O2S. The molecule has 0 aliphatic heterocycles. The number of pyridine rings is 1. The lowest BCUT2D eigenvalue weighted by molar-refractivity contribution is 0.580. The molecule has 1 heterocycles. The maximum atomic E-state index is 12.1. The summed E-state index contributed by atoms with van der Waals surface area (Å²) in [5.74, 6) is 0. The van der Waals surface area contributed by atoms with Gasteiger partial charge in [0, 0.05) is 18.0 Å². The summed E-state index contributed by atoms with van der Waals surface area (Å²) in [4.78, 5) is 6.30. The minimum atomic E-state index is -3.66. The summed E-state index contributed by atoms with van der Waals surface area (Å²) in [6.45, 7) is 6.23. The van der Waals surface area contributed by atoms with Crippen LogP contribution >= 0.6 is 0 Å². The van der Waals surface area contributed by atoms with Crippen molar-refractivity contribution in [1.82, 2.24) is 9.82 Å². The van der Waals surface area contributed by atoms with Gasteiger partial charge < -0.3 is 0 Å². The van der Waals surface area contributed by atoms with Crippen molar-refractivity contribution >= 4 is 16.2 Å². The number of hydrogen-bond acceptors (Lipinski definition) is 4. The third-order valence-electron chi connectivity index (χ3n) is 3.10. The maximum Gasteiger partial charge on any atom is 0.276 e. The Kier molecular flexibility index (Phi) is 4.61. The molecule has 2 aromatic rings. The van der Waals surface area contributed by atoms with Crippen molar-refractivity contribution in [2.75, 3.05) is 0 Å². The molecule has 22 heavy (non-hydrogen) atoms. The number of aromatic nitrogens is 1. The Morgan fingerprint density at radius 1 is 1.14 bits per heavy atom. The second kappa shape index (κ2) is 6.27. The fourth-order valence-corrected chi connectivity index (χ4v) is 2.60. The molecule has 0 bridgehead atoms.